The summed E-state index contributed by atoms with van der Waals surface area (Å²) >= 11 is 3.61. The highest BCUT2D eigenvalue weighted by Gasteiger charge is 2.15. The van der Waals surface area contributed by atoms with Gasteiger partial charge >= 0.3 is 0 Å². The number of hydrogen-bond acceptors (Lipinski definition) is 3. The van der Waals surface area contributed by atoms with E-state index in [9.17, 15) is 0 Å². The molecule has 2 rings (SSSR count). The average molecular weight is 328 g/mol. The summed E-state index contributed by atoms with van der Waals surface area (Å²) in [5, 5.41) is 3.62. The van der Waals surface area contributed by atoms with Crippen LogP contribution in [0.25, 0.3) is 0 Å². The summed E-state index contributed by atoms with van der Waals surface area (Å²) in [4.78, 5) is 0. The quantitative estimate of drug-likeness (QED) is 0.859. The summed E-state index contributed by atoms with van der Waals surface area (Å²) in [6, 6.07) is 4.72. The van der Waals surface area contributed by atoms with Gasteiger partial charge in [-0.15, -0.1) is 0 Å². The standard InChI is InChI=1S/C15H22BrNO2/c1-3-19-15-8-11(13(16)9-14(15)18-2)10-17-12-6-4-5-7-12/h8-9,12,17H,3-7,10H2,1-2H3. The minimum atomic E-state index is 0.646. The van der Waals surface area contributed by atoms with Crippen LogP contribution in [0.3, 0.4) is 0 Å². The van der Waals surface area contributed by atoms with E-state index in [1.807, 2.05) is 13.0 Å². The monoisotopic (exact) mass is 327 g/mol. The van der Waals surface area contributed by atoms with Crippen molar-refractivity contribution < 1.29 is 9.47 Å². The van der Waals surface area contributed by atoms with Gasteiger partial charge in [-0.25, -0.2) is 0 Å². The first-order valence-corrected chi connectivity index (χ1v) is 7.76. The highest BCUT2D eigenvalue weighted by Crippen LogP contribution is 2.33. The molecule has 0 aliphatic heterocycles. The second kappa shape index (κ2) is 7.15. The molecule has 3 nitrogen and oxygen atoms in total. The molecule has 19 heavy (non-hydrogen) atoms. The molecule has 1 saturated carbocycles. The Hall–Kier alpha value is -0.740. The van der Waals surface area contributed by atoms with Crippen LogP contribution in [-0.4, -0.2) is 19.8 Å². The topological polar surface area (TPSA) is 30.5 Å². The summed E-state index contributed by atoms with van der Waals surface area (Å²) < 4.78 is 12.0. The van der Waals surface area contributed by atoms with Crippen molar-refractivity contribution in [1.29, 1.82) is 0 Å². The largest absolute Gasteiger partial charge is 0.493 e. The molecule has 1 aliphatic carbocycles. The lowest BCUT2D eigenvalue weighted by Gasteiger charge is -2.16. The summed E-state index contributed by atoms with van der Waals surface area (Å²) in [6.45, 7) is 3.50. The first-order valence-electron chi connectivity index (χ1n) is 6.97. The molecule has 106 valence electrons. The Morgan fingerprint density at radius 1 is 1.26 bits per heavy atom. The van der Waals surface area contributed by atoms with Crippen LogP contribution < -0.4 is 14.8 Å². The molecule has 0 spiro atoms. The molecule has 4 heteroatoms. The molecule has 0 atom stereocenters. The van der Waals surface area contributed by atoms with Gasteiger partial charge in [0.25, 0.3) is 0 Å². The number of ether oxygens (including phenoxy) is 2. The lowest BCUT2D eigenvalue weighted by atomic mass is 10.1. The van der Waals surface area contributed by atoms with Gasteiger partial charge in [0.05, 0.1) is 13.7 Å². The predicted octanol–water partition coefficient (Wildman–Crippen LogP) is 3.89. The third-order valence-electron chi connectivity index (χ3n) is 3.57. The normalized spacial score (nSPS) is 15.7. The van der Waals surface area contributed by atoms with E-state index >= 15 is 0 Å². The van der Waals surface area contributed by atoms with Crippen LogP contribution in [0.2, 0.25) is 0 Å². The maximum absolute atomic E-state index is 5.62. The molecule has 1 aliphatic rings. The second-order valence-electron chi connectivity index (χ2n) is 4.89. The third kappa shape index (κ3) is 3.86. The van der Waals surface area contributed by atoms with Gasteiger partial charge in [0.15, 0.2) is 11.5 Å². The maximum atomic E-state index is 5.62. The predicted molar refractivity (Wildman–Crippen MR) is 81.0 cm³/mol. The van der Waals surface area contributed by atoms with Crippen LogP contribution in [-0.2, 0) is 6.54 Å². The Labute approximate surface area is 123 Å². The Morgan fingerprint density at radius 3 is 2.63 bits per heavy atom. The Kier molecular flexibility index (Phi) is 5.52. The molecule has 1 aromatic rings. The van der Waals surface area contributed by atoms with Gasteiger partial charge in [-0.1, -0.05) is 28.8 Å². The molecule has 1 N–H and O–H groups in total. The van der Waals surface area contributed by atoms with Crippen LogP contribution in [0.5, 0.6) is 11.5 Å². The van der Waals surface area contributed by atoms with Crippen molar-refractivity contribution in [2.75, 3.05) is 13.7 Å². The van der Waals surface area contributed by atoms with Gasteiger partial charge < -0.3 is 14.8 Å². The SMILES string of the molecule is CCOc1cc(CNC2CCCC2)c(Br)cc1OC. The van der Waals surface area contributed by atoms with Crippen molar-refractivity contribution in [2.45, 2.75) is 45.2 Å². The van der Waals surface area contributed by atoms with Crippen molar-refractivity contribution in [3.8, 4) is 11.5 Å². The molecule has 0 unspecified atom stereocenters. The molecule has 0 aromatic heterocycles. The first-order chi connectivity index (χ1) is 9.24. The zero-order chi connectivity index (χ0) is 13.7. The molecule has 0 amide bonds. The van der Waals surface area contributed by atoms with E-state index in [0.29, 0.717) is 12.6 Å². The Bertz CT molecular complexity index is 417. The van der Waals surface area contributed by atoms with Gasteiger partial charge in [0.2, 0.25) is 0 Å². The van der Waals surface area contributed by atoms with E-state index in [-0.39, 0.29) is 0 Å². The molecular weight excluding hydrogens is 306 g/mol. The second-order valence-corrected chi connectivity index (χ2v) is 5.74. The highest BCUT2D eigenvalue weighted by molar-refractivity contribution is 9.10. The third-order valence-corrected chi connectivity index (χ3v) is 4.31. The molecular formula is C15H22BrNO2. The maximum Gasteiger partial charge on any atom is 0.161 e. The van der Waals surface area contributed by atoms with Crippen LogP contribution in [0.15, 0.2) is 16.6 Å². The lowest BCUT2D eigenvalue weighted by Crippen LogP contribution is -2.25. The van der Waals surface area contributed by atoms with Gasteiger partial charge in [0, 0.05) is 17.1 Å². The van der Waals surface area contributed by atoms with Gasteiger partial charge in [-0.2, -0.15) is 0 Å². The molecule has 0 saturated heterocycles. The van der Waals surface area contributed by atoms with Gasteiger partial charge in [-0.05, 0) is 37.5 Å². The number of hydrogen-bond donors (Lipinski definition) is 1. The summed E-state index contributed by atoms with van der Waals surface area (Å²) in [5.74, 6) is 1.59. The van der Waals surface area contributed by atoms with Crippen molar-refractivity contribution >= 4 is 15.9 Å². The number of rotatable bonds is 6. The fourth-order valence-corrected chi connectivity index (χ4v) is 2.99. The molecule has 0 radical (unpaired) electrons. The van der Waals surface area contributed by atoms with Crippen LogP contribution in [0.1, 0.15) is 38.2 Å². The Morgan fingerprint density at radius 2 is 2.00 bits per heavy atom. The van der Waals surface area contributed by atoms with Crippen molar-refractivity contribution in [3.63, 3.8) is 0 Å². The van der Waals surface area contributed by atoms with Crippen molar-refractivity contribution in [2.24, 2.45) is 0 Å². The summed E-state index contributed by atoms with van der Waals surface area (Å²) in [7, 11) is 1.67. The van der Waals surface area contributed by atoms with E-state index in [4.69, 9.17) is 9.47 Å². The van der Waals surface area contributed by atoms with E-state index in [1.54, 1.807) is 7.11 Å². The molecule has 1 fully saturated rings. The smallest absolute Gasteiger partial charge is 0.161 e. The van der Waals surface area contributed by atoms with Crippen LogP contribution in [0.4, 0.5) is 0 Å². The number of halogens is 1. The van der Waals surface area contributed by atoms with Gasteiger partial charge in [0.1, 0.15) is 0 Å². The fraction of sp³-hybridized carbons (Fsp3) is 0.600. The minimum absolute atomic E-state index is 0.646. The zero-order valence-electron chi connectivity index (χ0n) is 11.7. The van der Waals surface area contributed by atoms with E-state index in [2.05, 4.69) is 27.3 Å². The van der Waals surface area contributed by atoms with Crippen LogP contribution in [0, 0.1) is 0 Å². The first kappa shape index (κ1) is 14.7. The molecule has 1 aromatic carbocycles. The van der Waals surface area contributed by atoms with Crippen molar-refractivity contribution in [1.82, 2.24) is 5.32 Å². The number of methoxy groups -OCH3 is 1. The van der Waals surface area contributed by atoms with E-state index in [0.717, 1.165) is 22.5 Å². The highest BCUT2D eigenvalue weighted by atomic mass is 79.9. The summed E-state index contributed by atoms with van der Waals surface area (Å²) in [5.41, 5.74) is 1.22. The molecule has 0 heterocycles. The van der Waals surface area contributed by atoms with Crippen LogP contribution >= 0.6 is 15.9 Å². The van der Waals surface area contributed by atoms with E-state index in [1.165, 1.54) is 31.2 Å². The number of benzene rings is 1. The van der Waals surface area contributed by atoms with Gasteiger partial charge in [-0.3, -0.25) is 0 Å². The summed E-state index contributed by atoms with van der Waals surface area (Å²) in [6.07, 6.45) is 5.30. The van der Waals surface area contributed by atoms with Crippen molar-refractivity contribution in [3.05, 3.63) is 22.2 Å². The zero-order valence-corrected chi connectivity index (χ0v) is 13.3. The minimum Gasteiger partial charge on any atom is -0.493 e. The number of nitrogens with one attached hydrogen (secondary N) is 1. The van der Waals surface area contributed by atoms with E-state index < -0.39 is 0 Å². The Balaban J connectivity index is 2.07. The fourth-order valence-electron chi connectivity index (χ4n) is 2.52. The lowest BCUT2D eigenvalue weighted by molar-refractivity contribution is 0.310. The molecule has 0 bridgehead atoms. The average Bonchev–Trinajstić information content (AvgIpc) is 2.92.